The summed E-state index contributed by atoms with van der Waals surface area (Å²) in [6.07, 6.45) is 4.23. The van der Waals surface area contributed by atoms with Crippen LogP contribution in [0.2, 0.25) is 0 Å². The Labute approximate surface area is 165 Å². The van der Waals surface area contributed by atoms with Crippen LogP contribution in [-0.4, -0.2) is 57.8 Å². The lowest BCUT2D eigenvalue weighted by atomic mass is 10.0. The number of amides is 1. The molecule has 1 aliphatic carbocycles. The first-order valence-electron chi connectivity index (χ1n) is 9.46. The van der Waals surface area contributed by atoms with Crippen LogP contribution in [-0.2, 0) is 24.7 Å². The Morgan fingerprint density at radius 3 is 2.32 bits per heavy atom. The van der Waals surface area contributed by atoms with E-state index in [1.165, 1.54) is 17.0 Å². The first-order chi connectivity index (χ1) is 13.2. The van der Waals surface area contributed by atoms with Gasteiger partial charge >= 0.3 is 0 Å². The van der Waals surface area contributed by atoms with Gasteiger partial charge in [0.1, 0.15) is 10.7 Å². The summed E-state index contributed by atoms with van der Waals surface area (Å²) in [5, 5.41) is -0.814. The van der Waals surface area contributed by atoms with Crippen LogP contribution >= 0.6 is 0 Å². The number of hydrogen-bond acceptors (Lipinski definition) is 5. The molecule has 1 heterocycles. The molecule has 1 N–H and O–H groups in total. The predicted molar refractivity (Wildman–Crippen MR) is 102 cm³/mol. The van der Waals surface area contributed by atoms with Crippen molar-refractivity contribution in [2.24, 2.45) is 0 Å². The SMILES string of the molecule is O=C(CCNS(=O)(=O)c1ccccc1F)N1CC(S(=O)(=O)C2CCCCC2)C1. The highest BCUT2D eigenvalue weighted by molar-refractivity contribution is 7.92. The lowest BCUT2D eigenvalue weighted by Crippen LogP contribution is -2.59. The molecule has 0 unspecified atom stereocenters. The number of nitrogens with one attached hydrogen (secondary N) is 1. The van der Waals surface area contributed by atoms with Crippen molar-refractivity contribution in [3.63, 3.8) is 0 Å². The Hall–Kier alpha value is -1.52. The van der Waals surface area contributed by atoms with Gasteiger partial charge in [0.2, 0.25) is 15.9 Å². The highest BCUT2D eigenvalue weighted by atomic mass is 32.2. The van der Waals surface area contributed by atoms with E-state index >= 15 is 0 Å². The van der Waals surface area contributed by atoms with Crippen LogP contribution in [0.4, 0.5) is 4.39 Å². The number of sulfone groups is 1. The summed E-state index contributed by atoms with van der Waals surface area (Å²) in [5.41, 5.74) is 0. The maximum atomic E-state index is 13.6. The molecule has 1 aromatic rings. The van der Waals surface area contributed by atoms with Gasteiger partial charge < -0.3 is 4.90 Å². The normalized spacial score (nSPS) is 19.4. The van der Waals surface area contributed by atoms with Crippen molar-refractivity contribution < 1.29 is 26.0 Å². The van der Waals surface area contributed by atoms with Crippen molar-refractivity contribution >= 4 is 25.8 Å². The number of likely N-dealkylation sites (tertiary alicyclic amines) is 1. The number of sulfonamides is 1. The van der Waals surface area contributed by atoms with Gasteiger partial charge in [0.25, 0.3) is 0 Å². The predicted octanol–water partition coefficient (Wildman–Crippen LogP) is 1.45. The van der Waals surface area contributed by atoms with E-state index in [0.717, 1.165) is 31.4 Å². The summed E-state index contributed by atoms with van der Waals surface area (Å²) in [6.45, 7) is 0.154. The summed E-state index contributed by atoms with van der Waals surface area (Å²) >= 11 is 0. The molecule has 10 heteroatoms. The Bertz CT molecular complexity index is 921. The van der Waals surface area contributed by atoms with Crippen LogP contribution in [0, 0.1) is 5.82 Å². The second kappa shape index (κ2) is 8.46. The fourth-order valence-electron chi connectivity index (χ4n) is 3.71. The molecule has 156 valence electrons. The van der Waals surface area contributed by atoms with Crippen LogP contribution in [0.3, 0.4) is 0 Å². The molecule has 0 spiro atoms. The number of carbonyl (C=O) groups is 1. The zero-order valence-electron chi connectivity index (χ0n) is 15.5. The number of benzene rings is 1. The van der Waals surface area contributed by atoms with Gasteiger partial charge in [-0.2, -0.15) is 0 Å². The Kier molecular flexibility index (Phi) is 6.41. The largest absolute Gasteiger partial charge is 0.340 e. The lowest BCUT2D eigenvalue weighted by molar-refractivity contribution is -0.134. The standard InChI is InChI=1S/C18H25FN2O5S2/c19-16-8-4-5-9-17(16)28(25,26)20-11-10-18(22)21-12-15(13-21)27(23,24)14-6-2-1-3-7-14/h4-5,8-9,14-15,20H,1-3,6-7,10-13H2. The lowest BCUT2D eigenvalue weighted by Gasteiger charge is -2.41. The summed E-state index contributed by atoms with van der Waals surface area (Å²) in [7, 11) is -7.26. The van der Waals surface area contributed by atoms with E-state index in [1.807, 2.05) is 0 Å². The summed E-state index contributed by atoms with van der Waals surface area (Å²) in [4.78, 5) is 13.2. The molecule has 1 saturated heterocycles. The second-order valence-electron chi connectivity index (χ2n) is 7.35. The number of carbonyl (C=O) groups excluding carboxylic acids is 1. The monoisotopic (exact) mass is 432 g/mol. The smallest absolute Gasteiger partial charge is 0.243 e. The van der Waals surface area contributed by atoms with Gasteiger partial charge in [-0.15, -0.1) is 0 Å². The third-order valence-corrected chi connectivity index (χ3v) is 9.56. The summed E-state index contributed by atoms with van der Waals surface area (Å²) in [5.74, 6) is -1.17. The van der Waals surface area contributed by atoms with Crippen molar-refractivity contribution in [2.45, 2.75) is 53.9 Å². The second-order valence-corrected chi connectivity index (χ2v) is 11.6. The van der Waals surface area contributed by atoms with E-state index < -0.39 is 35.8 Å². The fourth-order valence-corrected chi connectivity index (χ4v) is 7.13. The van der Waals surface area contributed by atoms with Crippen molar-refractivity contribution in [3.05, 3.63) is 30.1 Å². The average molecular weight is 433 g/mol. The minimum atomic E-state index is -4.04. The Balaban J connectivity index is 1.46. The Morgan fingerprint density at radius 2 is 1.68 bits per heavy atom. The molecule has 7 nitrogen and oxygen atoms in total. The third kappa shape index (κ3) is 4.55. The number of rotatable bonds is 7. The van der Waals surface area contributed by atoms with Crippen molar-refractivity contribution in [1.82, 2.24) is 9.62 Å². The minimum absolute atomic E-state index is 0.107. The first kappa shape index (κ1) is 21.2. The Morgan fingerprint density at radius 1 is 1.04 bits per heavy atom. The van der Waals surface area contributed by atoms with Crippen LogP contribution < -0.4 is 4.72 Å². The number of nitrogens with zero attached hydrogens (tertiary/aromatic N) is 1. The zero-order valence-corrected chi connectivity index (χ0v) is 17.1. The van der Waals surface area contributed by atoms with Gasteiger partial charge in [-0.3, -0.25) is 4.79 Å². The van der Waals surface area contributed by atoms with Gasteiger partial charge in [-0.1, -0.05) is 31.4 Å². The van der Waals surface area contributed by atoms with Crippen molar-refractivity contribution in [1.29, 1.82) is 0 Å². The molecule has 1 saturated carbocycles. The van der Waals surface area contributed by atoms with Crippen molar-refractivity contribution in [3.8, 4) is 0 Å². The molecule has 0 atom stereocenters. The zero-order chi connectivity index (χ0) is 20.4. The summed E-state index contributed by atoms with van der Waals surface area (Å²) in [6, 6.07) is 5.00. The van der Waals surface area contributed by atoms with Crippen LogP contribution in [0.5, 0.6) is 0 Å². The molecule has 0 bridgehead atoms. The van der Waals surface area contributed by atoms with Gasteiger partial charge in [0.15, 0.2) is 9.84 Å². The maximum absolute atomic E-state index is 13.6. The van der Waals surface area contributed by atoms with Gasteiger partial charge in [0, 0.05) is 26.1 Å². The van der Waals surface area contributed by atoms with E-state index in [2.05, 4.69) is 4.72 Å². The molecule has 2 fully saturated rings. The van der Waals surface area contributed by atoms with Crippen molar-refractivity contribution in [2.75, 3.05) is 19.6 Å². The van der Waals surface area contributed by atoms with Gasteiger partial charge in [-0.05, 0) is 25.0 Å². The van der Waals surface area contributed by atoms with Gasteiger partial charge in [-0.25, -0.2) is 25.9 Å². The summed E-state index contributed by atoms with van der Waals surface area (Å²) < 4.78 is 65.2. The van der Waals surface area contributed by atoms with Gasteiger partial charge in [0.05, 0.1) is 10.5 Å². The molecule has 2 aliphatic rings. The topological polar surface area (TPSA) is 101 Å². The van der Waals surface area contributed by atoms with Crippen LogP contribution in [0.15, 0.2) is 29.2 Å². The molecule has 28 heavy (non-hydrogen) atoms. The van der Waals surface area contributed by atoms with E-state index in [-0.39, 0.29) is 37.2 Å². The van der Waals surface area contributed by atoms with Crippen LogP contribution in [0.25, 0.3) is 0 Å². The molecule has 0 aromatic heterocycles. The molecule has 0 radical (unpaired) electrons. The van der Waals surface area contributed by atoms with Crippen LogP contribution in [0.1, 0.15) is 38.5 Å². The third-order valence-electron chi connectivity index (χ3n) is 5.44. The van der Waals surface area contributed by atoms with E-state index in [0.29, 0.717) is 12.8 Å². The first-order valence-corrected chi connectivity index (χ1v) is 12.6. The minimum Gasteiger partial charge on any atom is -0.340 e. The van der Waals surface area contributed by atoms with E-state index in [1.54, 1.807) is 0 Å². The number of halogens is 1. The number of hydrogen-bond donors (Lipinski definition) is 1. The molecule has 1 amide bonds. The fraction of sp³-hybridized carbons (Fsp3) is 0.611. The average Bonchev–Trinajstić information content (AvgIpc) is 2.61. The molecule has 1 aromatic carbocycles. The molecular weight excluding hydrogens is 407 g/mol. The molecule has 3 rings (SSSR count). The highest BCUT2D eigenvalue weighted by Gasteiger charge is 2.43. The molecule has 1 aliphatic heterocycles. The quantitative estimate of drug-likeness (QED) is 0.703. The van der Waals surface area contributed by atoms with E-state index in [4.69, 9.17) is 0 Å². The van der Waals surface area contributed by atoms with E-state index in [9.17, 15) is 26.0 Å². The highest BCUT2D eigenvalue weighted by Crippen LogP contribution is 2.30. The molecular formula is C18H25FN2O5S2. The maximum Gasteiger partial charge on any atom is 0.243 e.